The highest BCUT2D eigenvalue weighted by Gasteiger charge is 2.37. The van der Waals surface area contributed by atoms with Gasteiger partial charge in [0.1, 0.15) is 0 Å². The Balaban J connectivity index is 2.60. The predicted molar refractivity (Wildman–Crippen MR) is 64.3 cm³/mol. The van der Waals surface area contributed by atoms with Crippen LogP contribution >= 0.6 is 0 Å². The van der Waals surface area contributed by atoms with Gasteiger partial charge in [-0.1, -0.05) is 18.2 Å². The number of alkyl halides is 3. The molecule has 0 aliphatic rings. The second-order valence-electron chi connectivity index (χ2n) is 4.47. The van der Waals surface area contributed by atoms with Gasteiger partial charge in [-0.2, -0.15) is 13.2 Å². The van der Waals surface area contributed by atoms with E-state index in [9.17, 15) is 13.2 Å². The van der Waals surface area contributed by atoms with E-state index >= 15 is 0 Å². The molecular formula is C13H18F3NO. The number of benzene rings is 1. The van der Waals surface area contributed by atoms with E-state index in [4.69, 9.17) is 10.5 Å². The van der Waals surface area contributed by atoms with Crippen LogP contribution in [0.2, 0.25) is 0 Å². The van der Waals surface area contributed by atoms with E-state index in [0.717, 1.165) is 23.6 Å². The van der Waals surface area contributed by atoms with Crippen LogP contribution in [0.15, 0.2) is 18.2 Å². The minimum absolute atomic E-state index is 0.150. The molecule has 0 saturated carbocycles. The van der Waals surface area contributed by atoms with Crippen molar-refractivity contribution in [3.8, 4) is 0 Å². The fraction of sp³-hybridized carbons (Fsp3) is 0.538. The summed E-state index contributed by atoms with van der Waals surface area (Å²) in [6.45, 7) is 4.73. The van der Waals surface area contributed by atoms with Crippen LogP contribution in [0.25, 0.3) is 0 Å². The number of ether oxygens (including phenoxy) is 1. The summed E-state index contributed by atoms with van der Waals surface area (Å²) in [5.41, 5.74) is 8.78. The van der Waals surface area contributed by atoms with Crippen LogP contribution < -0.4 is 5.73 Å². The summed E-state index contributed by atoms with van der Waals surface area (Å²) in [7, 11) is 0. The average Bonchev–Trinajstić information content (AvgIpc) is 2.27. The molecule has 18 heavy (non-hydrogen) atoms. The first-order valence-electron chi connectivity index (χ1n) is 5.73. The van der Waals surface area contributed by atoms with Crippen LogP contribution in [-0.2, 0) is 4.74 Å². The lowest BCUT2D eigenvalue weighted by Gasteiger charge is -2.20. The molecule has 0 aliphatic heterocycles. The molecule has 0 saturated heterocycles. The molecule has 2 nitrogen and oxygen atoms in total. The molecule has 1 rings (SSSR count). The Morgan fingerprint density at radius 1 is 1.22 bits per heavy atom. The molecule has 0 aliphatic carbocycles. The largest absolute Gasteiger partial charge is 0.414 e. The van der Waals surface area contributed by atoms with Gasteiger partial charge in [-0.05, 0) is 37.5 Å². The molecule has 2 unspecified atom stereocenters. The van der Waals surface area contributed by atoms with Gasteiger partial charge in [-0.25, -0.2) is 0 Å². The van der Waals surface area contributed by atoms with Crippen LogP contribution in [0.5, 0.6) is 0 Å². The summed E-state index contributed by atoms with van der Waals surface area (Å²) in [5, 5.41) is 0. The Bertz CT molecular complexity index is 404. The second-order valence-corrected chi connectivity index (χ2v) is 4.47. The predicted octanol–water partition coefficient (Wildman–Crippen LogP) is 3.27. The molecule has 0 radical (unpaired) electrons. The highest BCUT2D eigenvalue weighted by Crippen LogP contribution is 2.23. The van der Waals surface area contributed by atoms with Crippen LogP contribution in [0.1, 0.15) is 29.7 Å². The number of halogens is 3. The number of rotatable bonds is 4. The zero-order valence-electron chi connectivity index (χ0n) is 10.7. The van der Waals surface area contributed by atoms with Gasteiger partial charge in [0.15, 0.2) is 6.10 Å². The molecule has 102 valence electrons. The normalized spacial score (nSPS) is 15.5. The van der Waals surface area contributed by atoms with Gasteiger partial charge in [0, 0.05) is 0 Å². The van der Waals surface area contributed by atoms with E-state index in [1.165, 1.54) is 0 Å². The monoisotopic (exact) mass is 261 g/mol. The highest BCUT2D eigenvalue weighted by atomic mass is 19.4. The first-order chi connectivity index (χ1) is 8.21. The van der Waals surface area contributed by atoms with Gasteiger partial charge < -0.3 is 10.5 Å². The molecule has 1 aromatic carbocycles. The Hall–Kier alpha value is -1.07. The molecule has 2 N–H and O–H groups in total. The third-order valence-electron chi connectivity index (χ3n) is 2.95. The Kier molecular flexibility index (Phi) is 4.76. The van der Waals surface area contributed by atoms with Crippen molar-refractivity contribution in [2.24, 2.45) is 5.73 Å². The maximum Gasteiger partial charge on any atom is 0.414 e. The lowest BCUT2D eigenvalue weighted by molar-refractivity contribution is -0.215. The van der Waals surface area contributed by atoms with E-state index in [0.29, 0.717) is 0 Å². The van der Waals surface area contributed by atoms with E-state index < -0.39 is 18.3 Å². The zero-order valence-corrected chi connectivity index (χ0v) is 10.7. The van der Waals surface area contributed by atoms with E-state index in [-0.39, 0.29) is 6.61 Å². The van der Waals surface area contributed by atoms with Crippen molar-refractivity contribution in [3.63, 3.8) is 0 Å². The van der Waals surface area contributed by atoms with Crippen LogP contribution in [-0.4, -0.2) is 18.9 Å². The van der Waals surface area contributed by atoms with Crippen LogP contribution in [0.3, 0.4) is 0 Å². The molecule has 2 atom stereocenters. The molecule has 0 fully saturated rings. The third kappa shape index (κ3) is 3.99. The fourth-order valence-corrected chi connectivity index (χ4v) is 1.43. The maximum atomic E-state index is 12.3. The molecule has 0 aromatic heterocycles. The lowest BCUT2D eigenvalue weighted by Crippen LogP contribution is -2.31. The fourth-order valence-electron chi connectivity index (χ4n) is 1.43. The quantitative estimate of drug-likeness (QED) is 0.902. The summed E-state index contributed by atoms with van der Waals surface area (Å²) in [6.07, 6.45) is -6.14. The van der Waals surface area contributed by atoms with Crippen molar-refractivity contribution >= 4 is 0 Å². The summed E-state index contributed by atoms with van der Waals surface area (Å²) < 4.78 is 41.5. The van der Waals surface area contributed by atoms with Gasteiger partial charge in [0.05, 0.1) is 12.6 Å². The van der Waals surface area contributed by atoms with Crippen molar-refractivity contribution in [2.45, 2.75) is 39.1 Å². The molecule has 1 aromatic rings. The van der Waals surface area contributed by atoms with Gasteiger partial charge >= 0.3 is 6.18 Å². The van der Waals surface area contributed by atoms with Gasteiger partial charge in [-0.3, -0.25) is 0 Å². The molecule has 0 heterocycles. The Morgan fingerprint density at radius 3 is 2.33 bits per heavy atom. The van der Waals surface area contributed by atoms with Crippen molar-refractivity contribution in [3.05, 3.63) is 34.9 Å². The molecule has 0 amide bonds. The Morgan fingerprint density at radius 2 is 1.83 bits per heavy atom. The standard InChI is InChI=1S/C13H18F3NO/c1-8-4-5-11(6-9(8)2)12(17)7-18-10(3)13(14,15)16/h4-6,10,12H,7,17H2,1-3H3. The molecule has 0 spiro atoms. The zero-order chi connectivity index (χ0) is 13.9. The summed E-state index contributed by atoms with van der Waals surface area (Å²) in [5.74, 6) is 0. The van der Waals surface area contributed by atoms with Crippen molar-refractivity contribution in [1.82, 2.24) is 0 Å². The first kappa shape index (κ1) is 15.0. The SMILES string of the molecule is Cc1ccc(C(N)COC(C)C(F)(F)F)cc1C. The van der Waals surface area contributed by atoms with Crippen LogP contribution in [0, 0.1) is 13.8 Å². The van der Waals surface area contributed by atoms with E-state index in [2.05, 4.69) is 0 Å². The van der Waals surface area contributed by atoms with E-state index in [1.54, 1.807) is 0 Å². The molecular weight excluding hydrogens is 243 g/mol. The topological polar surface area (TPSA) is 35.2 Å². The Labute approximate surface area is 105 Å². The number of hydrogen-bond acceptors (Lipinski definition) is 2. The van der Waals surface area contributed by atoms with Gasteiger partial charge in [0.2, 0.25) is 0 Å². The molecule has 0 bridgehead atoms. The summed E-state index contributed by atoms with van der Waals surface area (Å²) in [6, 6.07) is 5.04. The molecule has 5 heteroatoms. The average molecular weight is 261 g/mol. The first-order valence-corrected chi connectivity index (χ1v) is 5.73. The smallest absolute Gasteiger partial charge is 0.367 e. The second kappa shape index (κ2) is 5.71. The van der Waals surface area contributed by atoms with Crippen molar-refractivity contribution in [1.29, 1.82) is 0 Å². The van der Waals surface area contributed by atoms with Crippen molar-refractivity contribution < 1.29 is 17.9 Å². The van der Waals surface area contributed by atoms with Gasteiger partial charge in [-0.15, -0.1) is 0 Å². The minimum atomic E-state index is -4.34. The van der Waals surface area contributed by atoms with Crippen molar-refractivity contribution in [2.75, 3.05) is 6.61 Å². The summed E-state index contributed by atoms with van der Waals surface area (Å²) >= 11 is 0. The minimum Gasteiger partial charge on any atom is -0.367 e. The maximum absolute atomic E-state index is 12.3. The number of aryl methyl sites for hydroxylation is 2. The lowest BCUT2D eigenvalue weighted by atomic mass is 10.0. The van der Waals surface area contributed by atoms with Crippen LogP contribution in [0.4, 0.5) is 13.2 Å². The van der Waals surface area contributed by atoms with E-state index in [1.807, 2.05) is 32.0 Å². The number of nitrogens with two attached hydrogens (primary N) is 1. The summed E-state index contributed by atoms with van der Waals surface area (Å²) in [4.78, 5) is 0. The number of hydrogen-bond donors (Lipinski definition) is 1. The van der Waals surface area contributed by atoms with Gasteiger partial charge in [0.25, 0.3) is 0 Å². The highest BCUT2D eigenvalue weighted by molar-refractivity contribution is 5.31. The third-order valence-corrected chi connectivity index (χ3v) is 2.95.